The third-order valence-electron chi connectivity index (χ3n) is 6.61. The summed E-state index contributed by atoms with van der Waals surface area (Å²) in [5.74, 6) is -12.6. The average molecular weight is 755 g/mol. The summed E-state index contributed by atoms with van der Waals surface area (Å²) in [4.78, 5) is 121. The summed E-state index contributed by atoms with van der Waals surface area (Å²) in [5.41, 5.74) is 5.53. The maximum atomic E-state index is 13.4. The molecule has 0 aliphatic heterocycles. The SMILES string of the molecule is CSCC[C@H](NC(=O)[C@H](CCC(=O)O)NC(=O)[C@@H](N)CC(=O)O)C(=O)N[C@@H](CCC(=O)O)C(=O)N[C@@H](CCC(=O)O)C(=O)N[C@H](CS)C(=O)O. The molecule has 0 fully saturated rings. The van der Waals surface area contributed by atoms with E-state index in [1.54, 1.807) is 6.26 Å². The van der Waals surface area contributed by atoms with Gasteiger partial charge in [-0.05, 0) is 37.7 Å². The monoisotopic (exact) mass is 754 g/mol. The topological polar surface area (TPSA) is 358 Å². The number of carboxylic acids is 5. The number of hydrogen-bond acceptors (Lipinski definition) is 13. The van der Waals surface area contributed by atoms with Gasteiger partial charge in [-0.15, -0.1) is 0 Å². The number of aliphatic carboxylic acids is 5. The van der Waals surface area contributed by atoms with Crippen LogP contribution in [0, 0.1) is 0 Å². The molecule has 6 atom stereocenters. The molecule has 0 heterocycles. The van der Waals surface area contributed by atoms with Crippen LogP contribution >= 0.6 is 24.4 Å². The van der Waals surface area contributed by atoms with Gasteiger partial charge in [0, 0.05) is 25.0 Å². The lowest BCUT2D eigenvalue weighted by atomic mass is 10.1. The fourth-order valence-electron chi connectivity index (χ4n) is 3.95. The van der Waals surface area contributed by atoms with E-state index in [9.17, 15) is 58.2 Å². The predicted molar refractivity (Wildman–Crippen MR) is 175 cm³/mol. The van der Waals surface area contributed by atoms with Gasteiger partial charge in [-0.2, -0.15) is 24.4 Å². The third-order valence-corrected chi connectivity index (χ3v) is 7.62. The fourth-order valence-corrected chi connectivity index (χ4v) is 4.67. The number of rotatable bonds is 26. The smallest absolute Gasteiger partial charge is 0.327 e. The Bertz CT molecular complexity index is 1270. The largest absolute Gasteiger partial charge is 0.481 e. The van der Waals surface area contributed by atoms with Crippen molar-refractivity contribution >= 4 is 83.8 Å². The van der Waals surface area contributed by atoms with E-state index in [-0.39, 0.29) is 17.9 Å². The van der Waals surface area contributed by atoms with Crippen LogP contribution in [0.5, 0.6) is 0 Å². The lowest BCUT2D eigenvalue weighted by molar-refractivity contribution is -0.142. The molecule has 0 rings (SSSR count). The van der Waals surface area contributed by atoms with Crippen molar-refractivity contribution in [3.8, 4) is 0 Å². The molecule has 0 spiro atoms. The Kier molecular flexibility index (Phi) is 21.5. The molecule has 0 saturated heterocycles. The molecular formula is C27H42N6O15S2. The predicted octanol–water partition coefficient (Wildman–Crippen LogP) is -3.43. The quantitative estimate of drug-likeness (QED) is 0.0382. The molecular weight excluding hydrogens is 712 g/mol. The second-order valence-corrected chi connectivity index (χ2v) is 12.0. The Morgan fingerprint density at radius 3 is 1.14 bits per heavy atom. The number of nitrogens with two attached hydrogens (primary N) is 1. The van der Waals surface area contributed by atoms with Crippen LogP contribution in [0.2, 0.25) is 0 Å². The van der Waals surface area contributed by atoms with Crippen molar-refractivity contribution in [1.82, 2.24) is 26.6 Å². The van der Waals surface area contributed by atoms with E-state index in [2.05, 4.69) is 39.2 Å². The van der Waals surface area contributed by atoms with Crippen LogP contribution in [0.4, 0.5) is 0 Å². The molecule has 50 heavy (non-hydrogen) atoms. The molecule has 0 radical (unpaired) electrons. The Labute approximate surface area is 294 Å². The van der Waals surface area contributed by atoms with Crippen LogP contribution in [0.3, 0.4) is 0 Å². The van der Waals surface area contributed by atoms with E-state index in [1.165, 1.54) is 11.8 Å². The maximum absolute atomic E-state index is 13.4. The van der Waals surface area contributed by atoms with Gasteiger partial charge in [0.05, 0.1) is 12.5 Å². The molecule has 21 nitrogen and oxygen atoms in total. The Morgan fingerprint density at radius 2 is 0.860 bits per heavy atom. The zero-order chi connectivity index (χ0) is 38.6. The van der Waals surface area contributed by atoms with E-state index >= 15 is 0 Å². The van der Waals surface area contributed by atoms with Gasteiger partial charge in [0.25, 0.3) is 0 Å². The van der Waals surface area contributed by atoms with Crippen LogP contribution in [0.25, 0.3) is 0 Å². The second-order valence-electron chi connectivity index (χ2n) is 10.6. The fraction of sp³-hybridized carbons (Fsp3) is 0.630. The summed E-state index contributed by atoms with van der Waals surface area (Å²) >= 11 is 5.06. The summed E-state index contributed by atoms with van der Waals surface area (Å²) in [6.07, 6.45) is -2.83. The Balaban J connectivity index is 6.24. The number of carbonyl (C=O) groups is 10. The molecule has 0 bridgehead atoms. The number of nitrogens with one attached hydrogen (secondary N) is 5. The first-order chi connectivity index (χ1) is 23.3. The molecule has 0 aromatic heterocycles. The molecule has 12 N–H and O–H groups in total. The van der Waals surface area contributed by atoms with Crippen LogP contribution < -0.4 is 32.3 Å². The summed E-state index contributed by atoms with van der Waals surface area (Å²) < 4.78 is 0. The van der Waals surface area contributed by atoms with Gasteiger partial charge >= 0.3 is 29.8 Å². The number of thioether (sulfide) groups is 1. The third kappa shape index (κ3) is 18.8. The van der Waals surface area contributed by atoms with Gasteiger partial charge in [-0.25, -0.2) is 4.79 Å². The molecule has 0 unspecified atom stereocenters. The number of hydrogen-bond donors (Lipinski definition) is 12. The van der Waals surface area contributed by atoms with Gasteiger partial charge < -0.3 is 57.9 Å². The first kappa shape index (κ1) is 45.4. The maximum Gasteiger partial charge on any atom is 0.327 e. The Hall–Kier alpha value is -4.64. The van der Waals surface area contributed by atoms with Crippen molar-refractivity contribution in [1.29, 1.82) is 0 Å². The highest BCUT2D eigenvalue weighted by molar-refractivity contribution is 7.98. The van der Waals surface area contributed by atoms with Gasteiger partial charge in [0.1, 0.15) is 30.2 Å². The van der Waals surface area contributed by atoms with Crippen molar-refractivity contribution in [2.45, 2.75) is 87.6 Å². The van der Waals surface area contributed by atoms with E-state index in [0.29, 0.717) is 0 Å². The van der Waals surface area contributed by atoms with Gasteiger partial charge in [0.15, 0.2) is 0 Å². The first-order valence-corrected chi connectivity index (χ1v) is 16.8. The zero-order valence-corrected chi connectivity index (χ0v) is 28.5. The van der Waals surface area contributed by atoms with Crippen molar-refractivity contribution in [2.75, 3.05) is 17.8 Å². The first-order valence-electron chi connectivity index (χ1n) is 14.8. The van der Waals surface area contributed by atoms with E-state index in [1.807, 2.05) is 0 Å². The zero-order valence-electron chi connectivity index (χ0n) is 26.8. The number of carboxylic acid groups (broad SMARTS) is 5. The molecule has 0 aliphatic carbocycles. The number of amides is 5. The van der Waals surface area contributed by atoms with Gasteiger partial charge in [-0.1, -0.05) is 0 Å². The minimum absolute atomic E-state index is 0.103. The molecule has 0 aliphatic rings. The summed E-state index contributed by atoms with van der Waals surface area (Å²) in [7, 11) is 0. The molecule has 0 saturated carbocycles. The highest BCUT2D eigenvalue weighted by Crippen LogP contribution is 2.08. The van der Waals surface area contributed by atoms with Crippen molar-refractivity contribution < 1.29 is 73.5 Å². The highest BCUT2D eigenvalue weighted by atomic mass is 32.2. The standard InChI is InChI=1S/C27H42N6O15S2/c1-50-9-8-16(32-23(43)13(2-5-18(34)35)29-22(42)12(28)10-21(40)41)26(46)31-14(3-6-19(36)37)24(44)30-15(4-7-20(38)39)25(45)33-17(11-49)27(47)48/h12-17,49H,2-11,28H2,1H3,(H,29,42)(H,30,44)(H,31,46)(H,32,43)(H,33,45)(H,34,35)(H,36,37)(H,38,39)(H,40,41)(H,47,48)/t12-,13-,14-,15-,16-,17+/m0/s1. The average Bonchev–Trinajstić information content (AvgIpc) is 3.02. The van der Waals surface area contributed by atoms with Crippen molar-refractivity contribution in [2.24, 2.45) is 5.73 Å². The van der Waals surface area contributed by atoms with E-state index in [0.717, 1.165) is 0 Å². The normalized spacial score (nSPS) is 14.3. The van der Waals surface area contributed by atoms with E-state index < -0.39 is 141 Å². The second kappa shape index (κ2) is 23.7. The molecule has 0 aromatic carbocycles. The van der Waals surface area contributed by atoms with Crippen molar-refractivity contribution in [3.05, 3.63) is 0 Å². The lowest BCUT2D eigenvalue weighted by Crippen LogP contribution is -2.59. The summed E-state index contributed by atoms with van der Waals surface area (Å²) in [5, 5.41) is 56.6. The van der Waals surface area contributed by atoms with E-state index in [4.69, 9.17) is 21.1 Å². The minimum Gasteiger partial charge on any atom is -0.481 e. The molecule has 282 valence electrons. The van der Waals surface area contributed by atoms with Crippen molar-refractivity contribution in [3.63, 3.8) is 0 Å². The molecule has 23 heteroatoms. The molecule has 5 amide bonds. The number of carbonyl (C=O) groups excluding carboxylic acids is 5. The van der Waals surface area contributed by atoms with Crippen LogP contribution in [0.15, 0.2) is 0 Å². The van der Waals surface area contributed by atoms with Crippen LogP contribution in [0.1, 0.15) is 51.4 Å². The molecule has 0 aromatic rings. The minimum atomic E-state index is -1.69. The lowest BCUT2D eigenvalue weighted by Gasteiger charge is -2.27. The van der Waals surface area contributed by atoms with Gasteiger partial charge in [0.2, 0.25) is 29.5 Å². The van der Waals surface area contributed by atoms with Gasteiger partial charge in [-0.3, -0.25) is 43.2 Å². The van der Waals surface area contributed by atoms with Crippen LogP contribution in [-0.2, 0) is 47.9 Å². The number of thiol groups is 1. The highest BCUT2D eigenvalue weighted by Gasteiger charge is 2.33. The van der Waals surface area contributed by atoms with Crippen LogP contribution in [-0.4, -0.2) is 139 Å². The Morgan fingerprint density at radius 1 is 0.540 bits per heavy atom. The summed E-state index contributed by atoms with van der Waals surface area (Å²) in [6.45, 7) is 0. The summed E-state index contributed by atoms with van der Waals surface area (Å²) in [6, 6.07) is -9.53.